The van der Waals surface area contributed by atoms with Gasteiger partial charge < -0.3 is 10.2 Å². The number of hydrogen-bond acceptors (Lipinski definition) is 2. The zero-order chi connectivity index (χ0) is 10.8. The zero-order valence-corrected chi connectivity index (χ0v) is 9.26. The molecule has 1 N–H and O–H groups in total. The molecule has 2 rings (SSSR count). The quantitative estimate of drug-likeness (QED) is 0.769. The molecule has 2 nitrogen and oxygen atoms in total. The Hall–Kier alpha value is -0.220. The maximum Gasteiger partial charge on any atom is 0.105 e. The molecule has 2 heterocycles. The van der Waals surface area contributed by atoms with E-state index < -0.39 is 0 Å². The van der Waals surface area contributed by atoms with Gasteiger partial charge in [-0.2, -0.15) is 0 Å². The first-order chi connectivity index (χ1) is 7.24. The van der Waals surface area contributed by atoms with Crippen molar-refractivity contribution in [1.29, 1.82) is 0 Å². The summed E-state index contributed by atoms with van der Waals surface area (Å²) in [6, 6.07) is 0.538. The molecule has 0 amide bonds. The van der Waals surface area contributed by atoms with Crippen LogP contribution in [0.2, 0.25) is 0 Å². The Morgan fingerprint density at radius 3 is 2.60 bits per heavy atom. The second-order valence-electron chi connectivity index (χ2n) is 4.95. The fourth-order valence-electron chi connectivity index (χ4n) is 2.94. The normalized spacial score (nSPS) is 42.6. The third-order valence-corrected chi connectivity index (χ3v) is 3.93. The molecule has 2 fully saturated rings. The summed E-state index contributed by atoms with van der Waals surface area (Å²) >= 11 is 0. The van der Waals surface area contributed by atoms with Gasteiger partial charge in [-0.15, -0.1) is 0 Å². The van der Waals surface area contributed by atoms with Crippen molar-refractivity contribution < 1.29 is 8.78 Å². The molecule has 1 unspecified atom stereocenters. The van der Waals surface area contributed by atoms with Crippen molar-refractivity contribution >= 4 is 0 Å². The van der Waals surface area contributed by atoms with Crippen LogP contribution in [-0.2, 0) is 0 Å². The van der Waals surface area contributed by atoms with Crippen LogP contribution in [0.1, 0.15) is 19.3 Å². The van der Waals surface area contributed by atoms with E-state index in [0.717, 1.165) is 25.8 Å². The summed E-state index contributed by atoms with van der Waals surface area (Å²) in [5.41, 5.74) is 0. The SMILES string of the molecule is CN1C[C@@H](C2CC[C@H](CF)N2)C[C@H]1CF. The van der Waals surface area contributed by atoms with Crippen LogP contribution in [0.25, 0.3) is 0 Å². The highest BCUT2D eigenvalue weighted by Crippen LogP contribution is 2.30. The Morgan fingerprint density at radius 1 is 1.27 bits per heavy atom. The van der Waals surface area contributed by atoms with Crippen LogP contribution in [0.3, 0.4) is 0 Å². The topological polar surface area (TPSA) is 15.3 Å². The molecule has 15 heavy (non-hydrogen) atoms. The molecule has 0 aromatic heterocycles. The van der Waals surface area contributed by atoms with Crippen LogP contribution in [0, 0.1) is 5.92 Å². The summed E-state index contributed by atoms with van der Waals surface area (Å²) in [6.07, 6.45) is 2.90. The average Bonchev–Trinajstić information content (AvgIpc) is 2.83. The second-order valence-corrected chi connectivity index (χ2v) is 4.95. The van der Waals surface area contributed by atoms with E-state index in [1.807, 2.05) is 7.05 Å². The van der Waals surface area contributed by atoms with Crippen LogP contribution in [0.5, 0.6) is 0 Å². The number of nitrogens with zero attached hydrogens (tertiary/aromatic N) is 1. The van der Waals surface area contributed by atoms with Crippen molar-refractivity contribution in [2.24, 2.45) is 5.92 Å². The van der Waals surface area contributed by atoms with Crippen LogP contribution < -0.4 is 5.32 Å². The summed E-state index contributed by atoms with van der Waals surface area (Å²) in [5, 5.41) is 3.32. The highest BCUT2D eigenvalue weighted by atomic mass is 19.1. The van der Waals surface area contributed by atoms with Gasteiger partial charge in [-0.3, -0.25) is 0 Å². The van der Waals surface area contributed by atoms with Gasteiger partial charge in [-0.05, 0) is 32.2 Å². The molecular formula is C11H20F2N2. The monoisotopic (exact) mass is 218 g/mol. The fourth-order valence-corrected chi connectivity index (χ4v) is 2.94. The van der Waals surface area contributed by atoms with Crippen molar-refractivity contribution in [3.05, 3.63) is 0 Å². The van der Waals surface area contributed by atoms with E-state index in [2.05, 4.69) is 10.2 Å². The molecule has 0 spiro atoms. The molecule has 0 saturated carbocycles. The molecule has 0 radical (unpaired) electrons. The van der Waals surface area contributed by atoms with Crippen LogP contribution in [-0.4, -0.2) is 50.0 Å². The summed E-state index contributed by atoms with van der Waals surface area (Å²) in [6.45, 7) is 0.420. The lowest BCUT2D eigenvalue weighted by molar-refractivity contribution is 0.254. The number of hydrogen-bond donors (Lipinski definition) is 1. The lowest BCUT2D eigenvalue weighted by Crippen LogP contribution is -2.37. The molecule has 0 aliphatic carbocycles. The van der Waals surface area contributed by atoms with Crippen molar-refractivity contribution in [1.82, 2.24) is 10.2 Å². The van der Waals surface area contributed by atoms with E-state index in [9.17, 15) is 8.78 Å². The minimum absolute atomic E-state index is 0.0460. The Balaban J connectivity index is 1.86. The predicted molar refractivity (Wildman–Crippen MR) is 56.4 cm³/mol. The Labute approximate surface area is 90.0 Å². The first-order valence-corrected chi connectivity index (χ1v) is 5.82. The average molecular weight is 218 g/mol. The summed E-state index contributed by atoms with van der Waals surface area (Å²) in [5.74, 6) is 0.507. The van der Waals surface area contributed by atoms with Gasteiger partial charge in [0.15, 0.2) is 0 Å². The molecule has 2 aliphatic heterocycles. The molecule has 2 aliphatic rings. The van der Waals surface area contributed by atoms with Crippen molar-refractivity contribution in [3.63, 3.8) is 0 Å². The third-order valence-electron chi connectivity index (χ3n) is 3.93. The summed E-state index contributed by atoms with van der Waals surface area (Å²) in [7, 11) is 1.98. The van der Waals surface area contributed by atoms with Crippen molar-refractivity contribution in [3.8, 4) is 0 Å². The number of rotatable bonds is 3. The van der Waals surface area contributed by atoms with Crippen LogP contribution in [0.4, 0.5) is 8.78 Å². The zero-order valence-electron chi connectivity index (χ0n) is 9.26. The second kappa shape index (κ2) is 4.74. The van der Waals surface area contributed by atoms with E-state index in [1.54, 1.807) is 0 Å². The maximum atomic E-state index is 12.6. The standard InChI is InChI=1S/C11H20F2N2/c1-15-7-8(4-10(15)6-13)11-3-2-9(5-12)14-11/h8-11,14H,2-7H2,1H3/t8-,9+,10-,11?/m0/s1. The molecule has 0 bridgehead atoms. The Bertz CT molecular complexity index is 213. The molecule has 0 aromatic rings. The molecular weight excluding hydrogens is 198 g/mol. The first kappa shape index (κ1) is 11.3. The Morgan fingerprint density at radius 2 is 2.07 bits per heavy atom. The van der Waals surface area contributed by atoms with Gasteiger partial charge in [0.2, 0.25) is 0 Å². The van der Waals surface area contributed by atoms with Gasteiger partial charge in [0.05, 0.1) is 0 Å². The largest absolute Gasteiger partial charge is 0.308 e. The van der Waals surface area contributed by atoms with E-state index in [1.165, 1.54) is 0 Å². The molecule has 0 aromatic carbocycles. The van der Waals surface area contributed by atoms with Gasteiger partial charge >= 0.3 is 0 Å². The number of nitrogens with one attached hydrogen (secondary N) is 1. The summed E-state index contributed by atoms with van der Waals surface area (Å²) in [4.78, 5) is 2.09. The van der Waals surface area contributed by atoms with Gasteiger partial charge in [0.25, 0.3) is 0 Å². The van der Waals surface area contributed by atoms with Crippen LogP contribution in [0.15, 0.2) is 0 Å². The van der Waals surface area contributed by atoms with E-state index in [0.29, 0.717) is 12.0 Å². The minimum atomic E-state index is -0.272. The van der Waals surface area contributed by atoms with Gasteiger partial charge in [0.1, 0.15) is 13.3 Å². The number of halogens is 2. The summed E-state index contributed by atoms with van der Waals surface area (Å²) < 4.78 is 25.1. The third kappa shape index (κ3) is 2.31. The molecule has 2 saturated heterocycles. The highest BCUT2D eigenvalue weighted by Gasteiger charge is 2.37. The smallest absolute Gasteiger partial charge is 0.105 e. The minimum Gasteiger partial charge on any atom is -0.308 e. The molecule has 4 atom stereocenters. The van der Waals surface area contributed by atoms with Gasteiger partial charge in [0, 0.05) is 24.7 Å². The Kier molecular flexibility index (Phi) is 3.57. The number of likely N-dealkylation sites (tertiary alicyclic amines) is 1. The molecule has 88 valence electrons. The van der Waals surface area contributed by atoms with Gasteiger partial charge in [-0.25, -0.2) is 8.78 Å². The maximum absolute atomic E-state index is 12.6. The fraction of sp³-hybridized carbons (Fsp3) is 1.00. The van der Waals surface area contributed by atoms with Crippen LogP contribution >= 0.6 is 0 Å². The van der Waals surface area contributed by atoms with Gasteiger partial charge in [-0.1, -0.05) is 0 Å². The van der Waals surface area contributed by atoms with E-state index in [4.69, 9.17) is 0 Å². The molecule has 4 heteroatoms. The lowest BCUT2D eigenvalue weighted by atomic mass is 9.96. The lowest BCUT2D eigenvalue weighted by Gasteiger charge is -2.19. The number of alkyl halides is 2. The van der Waals surface area contributed by atoms with E-state index in [-0.39, 0.29) is 25.4 Å². The van der Waals surface area contributed by atoms with E-state index >= 15 is 0 Å². The first-order valence-electron chi connectivity index (χ1n) is 5.82. The highest BCUT2D eigenvalue weighted by molar-refractivity contribution is 4.94. The predicted octanol–water partition coefficient (Wildman–Crippen LogP) is 1.37. The van der Waals surface area contributed by atoms with Crippen molar-refractivity contribution in [2.45, 2.75) is 37.4 Å². The van der Waals surface area contributed by atoms with Crippen molar-refractivity contribution in [2.75, 3.05) is 26.9 Å².